The molecule has 4 nitrogen and oxygen atoms in total. The molecule has 1 aliphatic rings. The quantitative estimate of drug-likeness (QED) is 0.767. The van der Waals surface area contributed by atoms with Crippen LogP contribution in [0.2, 0.25) is 0 Å². The monoisotopic (exact) mass is 262 g/mol. The van der Waals surface area contributed by atoms with Crippen LogP contribution in [0.3, 0.4) is 0 Å². The highest BCUT2D eigenvalue weighted by atomic mass is 16.3. The molecule has 2 amide bonds. The van der Waals surface area contributed by atoms with Crippen LogP contribution in [0.15, 0.2) is 18.2 Å². The molecule has 0 radical (unpaired) electrons. The van der Waals surface area contributed by atoms with Crippen LogP contribution in [0.4, 0.5) is 10.5 Å². The zero-order valence-corrected chi connectivity index (χ0v) is 11.6. The zero-order chi connectivity index (χ0) is 13.8. The molecule has 1 aromatic carbocycles. The average Bonchev–Trinajstić information content (AvgIpc) is 2.30. The van der Waals surface area contributed by atoms with Crippen LogP contribution < -0.4 is 10.6 Å². The number of aryl methyl sites for hydroxylation is 2. The maximum absolute atomic E-state index is 11.9. The van der Waals surface area contributed by atoms with E-state index in [2.05, 4.69) is 16.7 Å². The van der Waals surface area contributed by atoms with Crippen molar-refractivity contribution in [1.82, 2.24) is 5.32 Å². The second-order valence-electron chi connectivity index (χ2n) is 5.43. The molecule has 0 aliphatic heterocycles. The number of carbonyl (C=O) groups excluding carboxylic acids is 1. The number of nitrogens with one attached hydrogen (secondary N) is 2. The molecule has 1 saturated carbocycles. The molecule has 2 unspecified atom stereocenters. The molecule has 1 aliphatic carbocycles. The van der Waals surface area contributed by atoms with E-state index in [9.17, 15) is 9.90 Å². The Morgan fingerprint density at radius 3 is 2.42 bits per heavy atom. The Balaban J connectivity index is 1.93. The van der Waals surface area contributed by atoms with Crippen LogP contribution in [0, 0.1) is 13.8 Å². The molecule has 104 valence electrons. The van der Waals surface area contributed by atoms with Gasteiger partial charge in [0.05, 0.1) is 12.1 Å². The van der Waals surface area contributed by atoms with E-state index in [-0.39, 0.29) is 12.1 Å². The standard InChI is InChI=1S/C15H22N2O2/c1-10-7-11(2)9-12(8-10)16-15(19)17-13-5-3-4-6-14(13)18/h7-9,13-14,18H,3-6H2,1-2H3,(H2,16,17,19). The number of anilines is 1. The van der Waals surface area contributed by atoms with E-state index in [1.54, 1.807) is 0 Å². The maximum Gasteiger partial charge on any atom is 0.319 e. The van der Waals surface area contributed by atoms with Crippen LogP contribution in [0.1, 0.15) is 36.8 Å². The lowest BCUT2D eigenvalue weighted by molar-refractivity contribution is 0.0955. The van der Waals surface area contributed by atoms with Gasteiger partial charge in [-0.25, -0.2) is 4.79 Å². The van der Waals surface area contributed by atoms with Crippen molar-refractivity contribution in [2.45, 2.75) is 51.7 Å². The first-order chi connectivity index (χ1) is 9.04. The van der Waals surface area contributed by atoms with Gasteiger partial charge in [-0.05, 0) is 49.9 Å². The molecule has 2 rings (SSSR count). The number of benzene rings is 1. The van der Waals surface area contributed by atoms with E-state index in [4.69, 9.17) is 0 Å². The highest BCUT2D eigenvalue weighted by molar-refractivity contribution is 5.89. The molecular formula is C15H22N2O2. The Morgan fingerprint density at radius 2 is 1.79 bits per heavy atom. The largest absolute Gasteiger partial charge is 0.391 e. The molecule has 0 saturated heterocycles. The lowest BCUT2D eigenvalue weighted by Gasteiger charge is -2.28. The fraction of sp³-hybridized carbons (Fsp3) is 0.533. The summed E-state index contributed by atoms with van der Waals surface area (Å²) in [6.07, 6.45) is 3.30. The third-order valence-corrected chi connectivity index (χ3v) is 3.53. The van der Waals surface area contributed by atoms with E-state index in [1.807, 2.05) is 26.0 Å². The normalized spacial score (nSPS) is 22.9. The first kappa shape index (κ1) is 13.9. The van der Waals surface area contributed by atoms with Crippen LogP contribution in [0.25, 0.3) is 0 Å². The minimum absolute atomic E-state index is 0.125. The summed E-state index contributed by atoms with van der Waals surface area (Å²) in [5.74, 6) is 0. The average molecular weight is 262 g/mol. The lowest BCUT2D eigenvalue weighted by atomic mass is 9.93. The summed E-state index contributed by atoms with van der Waals surface area (Å²) in [5, 5.41) is 15.5. The molecular weight excluding hydrogens is 240 g/mol. The van der Waals surface area contributed by atoms with Crippen molar-refractivity contribution < 1.29 is 9.90 Å². The molecule has 4 heteroatoms. The summed E-state index contributed by atoms with van der Waals surface area (Å²) in [6, 6.07) is 5.57. The number of hydrogen-bond acceptors (Lipinski definition) is 2. The minimum atomic E-state index is -0.418. The van der Waals surface area contributed by atoms with Crippen molar-refractivity contribution in [3.63, 3.8) is 0 Å². The number of aliphatic hydroxyl groups is 1. The predicted molar refractivity (Wildman–Crippen MR) is 76.3 cm³/mol. The third-order valence-electron chi connectivity index (χ3n) is 3.53. The van der Waals surface area contributed by atoms with Gasteiger partial charge >= 0.3 is 6.03 Å². The van der Waals surface area contributed by atoms with E-state index in [0.29, 0.717) is 0 Å². The van der Waals surface area contributed by atoms with Gasteiger partial charge in [0.15, 0.2) is 0 Å². The Bertz CT molecular complexity index is 439. The van der Waals surface area contributed by atoms with Gasteiger partial charge in [0.1, 0.15) is 0 Å². The lowest BCUT2D eigenvalue weighted by Crippen LogP contribution is -2.46. The molecule has 2 atom stereocenters. The first-order valence-electron chi connectivity index (χ1n) is 6.88. The van der Waals surface area contributed by atoms with Crippen LogP contribution >= 0.6 is 0 Å². The van der Waals surface area contributed by atoms with Crippen molar-refractivity contribution in [3.05, 3.63) is 29.3 Å². The Labute approximate surface area is 114 Å². The predicted octanol–water partition coefficient (Wildman–Crippen LogP) is 2.73. The summed E-state index contributed by atoms with van der Waals surface area (Å²) < 4.78 is 0. The summed E-state index contributed by atoms with van der Waals surface area (Å²) in [5.41, 5.74) is 3.03. The molecule has 0 aromatic heterocycles. The number of amides is 2. The van der Waals surface area contributed by atoms with Crippen LogP contribution in [0.5, 0.6) is 0 Å². The summed E-state index contributed by atoms with van der Waals surface area (Å²) >= 11 is 0. The van der Waals surface area contributed by atoms with Gasteiger partial charge < -0.3 is 15.7 Å². The SMILES string of the molecule is Cc1cc(C)cc(NC(=O)NC2CCCCC2O)c1. The van der Waals surface area contributed by atoms with Crippen molar-refractivity contribution >= 4 is 11.7 Å². The second-order valence-corrected chi connectivity index (χ2v) is 5.43. The minimum Gasteiger partial charge on any atom is -0.391 e. The van der Waals surface area contributed by atoms with Gasteiger partial charge in [0.2, 0.25) is 0 Å². The topological polar surface area (TPSA) is 61.4 Å². The highest BCUT2D eigenvalue weighted by Gasteiger charge is 2.24. The van der Waals surface area contributed by atoms with Crippen LogP contribution in [-0.4, -0.2) is 23.3 Å². The second kappa shape index (κ2) is 6.06. The Kier molecular flexibility index (Phi) is 4.43. The molecule has 3 N–H and O–H groups in total. The number of hydrogen-bond donors (Lipinski definition) is 3. The molecule has 0 bridgehead atoms. The Hall–Kier alpha value is -1.55. The third kappa shape index (κ3) is 3.96. The van der Waals surface area contributed by atoms with Crippen LogP contribution in [-0.2, 0) is 0 Å². The van der Waals surface area contributed by atoms with Crippen molar-refractivity contribution in [2.75, 3.05) is 5.32 Å². The van der Waals surface area contributed by atoms with E-state index in [0.717, 1.165) is 42.5 Å². The van der Waals surface area contributed by atoms with Crippen molar-refractivity contribution in [2.24, 2.45) is 0 Å². The molecule has 1 aromatic rings. The van der Waals surface area contributed by atoms with E-state index < -0.39 is 6.10 Å². The number of aliphatic hydroxyl groups excluding tert-OH is 1. The van der Waals surface area contributed by atoms with Crippen molar-refractivity contribution in [1.29, 1.82) is 0 Å². The smallest absolute Gasteiger partial charge is 0.319 e. The fourth-order valence-electron chi connectivity index (χ4n) is 2.66. The Morgan fingerprint density at radius 1 is 1.16 bits per heavy atom. The number of urea groups is 1. The summed E-state index contributed by atoms with van der Waals surface area (Å²) in [4.78, 5) is 11.9. The number of rotatable bonds is 2. The zero-order valence-electron chi connectivity index (χ0n) is 11.6. The summed E-state index contributed by atoms with van der Waals surface area (Å²) in [6.45, 7) is 4.00. The fourth-order valence-corrected chi connectivity index (χ4v) is 2.66. The van der Waals surface area contributed by atoms with Crippen molar-refractivity contribution in [3.8, 4) is 0 Å². The number of carbonyl (C=O) groups is 1. The molecule has 19 heavy (non-hydrogen) atoms. The first-order valence-corrected chi connectivity index (χ1v) is 6.88. The maximum atomic E-state index is 11.9. The van der Waals surface area contributed by atoms with E-state index in [1.165, 1.54) is 0 Å². The molecule has 1 fully saturated rings. The van der Waals surface area contributed by atoms with Gasteiger partial charge in [0, 0.05) is 5.69 Å². The summed E-state index contributed by atoms with van der Waals surface area (Å²) in [7, 11) is 0. The van der Waals surface area contributed by atoms with E-state index >= 15 is 0 Å². The molecule has 0 heterocycles. The van der Waals surface area contributed by atoms with Gasteiger partial charge in [-0.2, -0.15) is 0 Å². The van der Waals surface area contributed by atoms with Gasteiger partial charge in [-0.15, -0.1) is 0 Å². The highest BCUT2D eigenvalue weighted by Crippen LogP contribution is 2.19. The van der Waals surface area contributed by atoms with Gasteiger partial charge in [0.25, 0.3) is 0 Å². The molecule has 0 spiro atoms. The van der Waals surface area contributed by atoms with Gasteiger partial charge in [-0.1, -0.05) is 18.9 Å². The van der Waals surface area contributed by atoms with Gasteiger partial charge in [-0.3, -0.25) is 0 Å².